The van der Waals surface area contributed by atoms with E-state index in [9.17, 15) is 4.79 Å². The highest BCUT2D eigenvalue weighted by Crippen LogP contribution is 2.08. The molecular weight excluding hydrogens is 218 g/mol. The lowest BCUT2D eigenvalue weighted by Crippen LogP contribution is -2.37. The normalized spacial score (nSPS) is 9.71. The Morgan fingerprint density at radius 2 is 2.12 bits per heavy atom. The number of benzene rings is 1. The Balaban J connectivity index is 2.44. The first-order valence-electron chi connectivity index (χ1n) is 5.45. The summed E-state index contributed by atoms with van der Waals surface area (Å²) >= 11 is 0. The van der Waals surface area contributed by atoms with Crippen LogP contribution in [-0.4, -0.2) is 42.2 Å². The number of aliphatic hydroxyl groups excluding tert-OH is 1. The SMILES string of the molecule is C=CCN(CCO)C(=O)COc1ccccc1. The van der Waals surface area contributed by atoms with Gasteiger partial charge in [-0.1, -0.05) is 24.3 Å². The van der Waals surface area contributed by atoms with Crippen molar-refractivity contribution < 1.29 is 14.6 Å². The molecule has 17 heavy (non-hydrogen) atoms. The van der Waals surface area contributed by atoms with Crippen molar-refractivity contribution in [2.45, 2.75) is 0 Å². The third-order valence-electron chi connectivity index (χ3n) is 2.18. The van der Waals surface area contributed by atoms with Crippen LogP contribution in [0.15, 0.2) is 43.0 Å². The molecule has 0 aliphatic carbocycles. The van der Waals surface area contributed by atoms with Crippen LogP contribution in [0.2, 0.25) is 0 Å². The molecule has 0 aliphatic heterocycles. The zero-order chi connectivity index (χ0) is 12.5. The number of hydrogen-bond acceptors (Lipinski definition) is 3. The number of amides is 1. The topological polar surface area (TPSA) is 49.8 Å². The molecule has 0 saturated carbocycles. The van der Waals surface area contributed by atoms with Crippen LogP contribution in [0.1, 0.15) is 0 Å². The van der Waals surface area contributed by atoms with Gasteiger partial charge in [-0.2, -0.15) is 0 Å². The second kappa shape index (κ2) is 7.46. The molecule has 0 atom stereocenters. The summed E-state index contributed by atoms with van der Waals surface area (Å²) in [6.07, 6.45) is 1.62. The number of carbonyl (C=O) groups is 1. The van der Waals surface area contributed by atoms with E-state index >= 15 is 0 Å². The molecule has 1 aromatic carbocycles. The van der Waals surface area contributed by atoms with Gasteiger partial charge in [0, 0.05) is 13.1 Å². The van der Waals surface area contributed by atoms with E-state index in [2.05, 4.69) is 6.58 Å². The number of aliphatic hydroxyl groups is 1. The van der Waals surface area contributed by atoms with Crippen LogP contribution in [0.4, 0.5) is 0 Å². The molecule has 92 valence electrons. The first-order chi connectivity index (χ1) is 8.27. The lowest BCUT2D eigenvalue weighted by Gasteiger charge is -2.19. The van der Waals surface area contributed by atoms with Gasteiger partial charge in [0.1, 0.15) is 5.75 Å². The van der Waals surface area contributed by atoms with Crippen LogP contribution in [0.5, 0.6) is 5.75 Å². The van der Waals surface area contributed by atoms with Crippen molar-refractivity contribution in [3.63, 3.8) is 0 Å². The van der Waals surface area contributed by atoms with Crippen molar-refractivity contribution in [1.82, 2.24) is 4.90 Å². The molecule has 0 bridgehead atoms. The Morgan fingerprint density at radius 1 is 1.41 bits per heavy atom. The van der Waals surface area contributed by atoms with Crippen LogP contribution in [0.3, 0.4) is 0 Å². The minimum atomic E-state index is -0.164. The van der Waals surface area contributed by atoms with E-state index in [0.717, 1.165) is 0 Å². The summed E-state index contributed by atoms with van der Waals surface area (Å²) in [5.74, 6) is 0.492. The van der Waals surface area contributed by atoms with Crippen molar-refractivity contribution in [3.8, 4) is 5.75 Å². The first-order valence-corrected chi connectivity index (χ1v) is 5.45. The highest BCUT2D eigenvalue weighted by Gasteiger charge is 2.11. The van der Waals surface area contributed by atoms with Crippen molar-refractivity contribution in [3.05, 3.63) is 43.0 Å². The average Bonchev–Trinajstić information content (AvgIpc) is 2.37. The fourth-order valence-electron chi connectivity index (χ4n) is 1.35. The molecule has 0 fully saturated rings. The van der Waals surface area contributed by atoms with E-state index in [-0.39, 0.29) is 19.1 Å². The standard InChI is InChI=1S/C13H17NO3/c1-2-8-14(9-10-15)13(16)11-17-12-6-4-3-5-7-12/h2-7,15H,1,8-11H2. The lowest BCUT2D eigenvalue weighted by atomic mass is 10.3. The zero-order valence-corrected chi connectivity index (χ0v) is 9.71. The molecule has 4 nitrogen and oxygen atoms in total. The summed E-state index contributed by atoms with van der Waals surface area (Å²) < 4.78 is 5.33. The molecule has 1 N–H and O–H groups in total. The largest absolute Gasteiger partial charge is 0.484 e. The predicted octanol–water partition coefficient (Wildman–Crippen LogP) is 1.07. The molecule has 1 rings (SSSR count). The van der Waals surface area contributed by atoms with Gasteiger partial charge in [-0.15, -0.1) is 6.58 Å². The third kappa shape index (κ3) is 4.70. The van der Waals surface area contributed by atoms with Gasteiger partial charge in [0.05, 0.1) is 6.61 Å². The Morgan fingerprint density at radius 3 is 2.71 bits per heavy atom. The van der Waals surface area contributed by atoms with Gasteiger partial charge < -0.3 is 14.7 Å². The molecule has 0 radical (unpaired) electrons. The summed E-state index contributed by atoms with van der Waals surface area (Å²) in [6.45, 7) is 4.18. The van der Waals surface area contributed by atoms with Crippen molar-refractivity contribution >= 4 is 5.91 Å². The summed E-state index contributed by atoms with van der Waals surface area (Å²) in [6, 6.07) is 9.14. The van der Waals surface area contributed by atoms with E-state index in [1.54, 1.807) is 18.2 Å². The highest BCUT2D eigenvalue weighted by atomic mass is 16.5. The number of ether oxygens (including phenoxy) is 1. The lowest BCUT2D eigenvalue weighted by molar-refractivity contribution is -0.133. The monoisotopic (exact) mass is 235 g/mol. The van der Waals surface area contributed by atoms with Crippen molar-refractivity contribution in [2.24, 2.45) is 0 Å². The van der Waals surface area contributed by atoms with E-state index in [0.29, 0.717) is 18.8 Å². The molecule has 1 amide bonds. The fourth-order valence-corrected chi connectivity index (χ4v) is 1.35. The minimum Gasteiger partial charge on any atom is -0.484 e. The van der Waals surface area contributed by atoms with Gasteiger partial charge in [0.15, 0.2) is 6.61 Å². The first kappa shape index (κ1) is 13.3. The quantitative estimate of drug-likeness (QED) is 0.719. The van der Waals surface area contributed by atoms with Crippen LogP contribution in [0, 0.1) is 0 Å². The molecule has 0 saturated heterocycles. The second-order valence-corrected chi connectivity index (χ2v) is 3.45. The number of rotatable bonds is 7. The number of carbonyl (C=O) groups excluding carboxylic acids is 1. The maximum absolute atomic E-state index is 11.7. The molecular formula is C13H17NO3. The number of hydrogen-bond donors (Lipinski definition) is 1. The van der Waals surface area contributed by atoms with Gasteiger partial charge in [0.2, 0.25) is 0 Å². The minimum absolute atomic E-state index is 0.0299. The maximum atomic E-state index is 11.7. The molecule has 0 heterocycles. The van der Waals surface area contributed by atoms with E-state index in [4.69, 9.17) is 9.84 Å². The molecule has 4 heteroatoms. The maximum Gasteiger partial charge on any atom is 0.260 e. The third-order valence-corrected chi connectivity index (χ3v) is 2.18. The molecule has 0 aromatic heterocycles. The van der Waals surface area contributed by atoms with Crippen molar-refractivity contribution in [2.75, 3.05) is 26.3 Å². The fraction of sp³-hybridized carbons (Fsp3) is 0.308. The Hall–Kier alpha value is -1.81. The van der Waals surface area contributed by atoms with E-state index < -0.39 is 0 Å². The van der Waals surface area contributed by atoms with E-state index in [1.165, 1.54) is 4.90 Å². The van der Waals surface area contributed by atoms with E-state index in [1.807, 2.05) is 18.2 Å². The molecule has 0 aliphatic rings. The summed E-state index contributed by atoms with van der Waals surface area (Å²) in [5.41, 5.74) is 0. The molecule has 0 unspecified atom stereocenters. The highest BCUT2D eigenvalue weighted by molar-refractivity contribution is 5.77. The predicted molar refractivity (Wildman–Crippen MR) is 65.8 cm³/mol. The number of nitrogens with zero attached hydrogens (tertiary/aromatic N) is 1. The Bertz CT molecular complexity index is 351. The van der Waals surface area contributed by atoms with Gasteiger partial charge in [0.25, 0.3) is 5.91 Å². The smallest absolute Gasteiger partial charge is 0.260 e. The van der Waals surface area contributed by atoms with Crippen LogP contribution >= 0.6 is 0 Å². The second-order valence-electron chi connectivity index (χ2n) is 3.45. The van der Waals surface area contributed by atoms with Crippen LogP contribution < -0.4 is 4.74 Å². The van der Waals surface area contributed by atoms with Crippen LogP contribution in [0.25, 0.3) is 0 Å². The zero-order valence-electron chi connectivity index (χ0n) is 9.71. The van der Waals surface area contributed by atoms with Gasteiger partial charge >= 0.3 is 0 Å². The molecule has 0 spiro atoms. The Labute approximate surface area is 101 Å². The van der Waals surface area contributed by atoms with Gasteiger partial charge in [-0.25, -0.2) is 0 Å². The number of para-hydroxylation sites is 1. The molecule has 1 aromatic rings. The summed E-state index contributed by atoms with van der Waals surface area (Å²) in [5, 5.41) is 8.83. The van der Waals surface area contributed by atoms with Gasteiger partial charge in [-0.05, 0) is 12.1 Å². The summed E-state index contributed by atoms with van der Waals surface area (Å²) in [7, 11) is 0. The van der Waals surface area contributed by atoms with Gasteiger partial charge in [-0.3, -0.25) is 4.79 Å². The average molecular weight is 235 g/mol. The van der Waals surface area contributed by atoms with Crippen LogP contribution in [-0.2, 0) is 4.79 Å². The summed E-state index contributed by atoms with van der Waals surface area (Å²) in [4.78, 5) is 13.2. The Kier molecular flexibility index (Phi) is 5.82. The van der Waals surface area contributed by atoms with Crippen molar-refractivity contribution in [1.29, 1.82) is 0 Å².